The summed E-state index contributed by atoms with van der Waals surface area (Å²) in [5.74, 6) is -5.31. The summed E-state index contributed by atoms with van der Waals surface area (Å²) >= 11 is 0. The van der Waals surface area contributed by atoms with Crippen LogP contribution in [0, 0.1) is 66.6 Å². The van der Waals surface area contributed by atoms with Crippen LogP contribution in [0.2, 0.25) is 0 Å². The van der Waals surface area contributed by atoms with Crippen LogP contribution >= 0.6 is 0 Å². The SMILES string of the molecule is CC(CN1CCCC1)CN1C(=O)c2cc(N)c([N+](=O)[O-])cc2C1=O.CCN1CCC[C@@H]1CN1C(=O)c2cc(N)c([N+](=O)[O-])cc2C1=O.CCN1CCC[C@H]1CN1C(=O)c2cc(N)c([N+](=O)[O-])cc2C1=O.CN(C)CCCN1C(=O)c2cc(N)c([N+](=O)[O-])cc2C1=O.Nc1cc2c(cc1[N+](=O)[O-])C(=O)N(CCCCN1CCCC1)C2=O.Nc1cc2c(cc1[N+](=O)[O-])C(=O)N(CCCN1CCCC1)C2=O. The lowest BCUT2D eigenvalue weighted by Crippen LogP contribution is -2.42. The van der Waals surface area contributed by atoms with Crippen molar-refractivity contribution in [3.63, 3.8) is 0 Å². The number of unbranched alkanes of at least 4 members (excludes halogenated alkanes) is 1. The fraction of sp³-hybridized carbons (Fsp3) is 0.467. The molecule has 11 heterocycles. The van der Waals surface area contributed by atoms with Gasteiger partial charge in [0, 0.05) is 94.3 Å². The van der Waals surface area contributed by atoms with Gasteiger partial charge in [0.15, 0.2) is 0 Å². The molecule has 48 heteroatoms. The summed E-state index contributed by atoms with van der Waals surface area (Å²) in [6.45, 7) is 21.4. The van der Waals surface area contributed by atoms with Gasteiger partial charge in [0.25, 0.3) is 105 Å². The van der Waals surface area contributed by atoms with Crippen LogP contribution in [0.25, 0.3) is 0 Å². The fourth-order valence-electron chi connectivity index (χ4n) is 19.0. The summed E-state index contributed by atoms with van der Waals surface area (Å²) in [6.07, 6.45) is 14.1. The third-order valence-corrected chi connectivity index (χ3v) is 26.1. The van der Waals surface area contributed by atoms with E-state index in [2.05, 4.69) is 24.5 Å². The molecule has 138 heavy (non-hydrogen) atoms. The van der Waals surface area contributed by atoms with Crippen molar-refractivity contribution in [2.24, 2.45) is 5.92 Å². The van der Waals surface area contributed by atoms with Crippen molar-refractivity contribution in [3.8, 4) is 0 Å². The van der Waals surface area contributed by atoms with Crippen LogP contribution in [-0.2, 0) is 0 Å². The maximum Gasteiger partial charge on any atom is 0.292 e. The Morgan fingerprint density at radius 1 is 0.297 bits per heavy atom. The van der Waals surface area contributed by atoms with Crippen molar-refractivity contribution in [2.75, 3.05) is 179 Å². The number of nitrogens with two attached hydrogens (primary N) is 6. The van der Waals surface area contributed by atoms with Crippen molar-refractivity contribution >= 4 is 139 Å². The van der Waals surface area contributed by atoms with Gasteiger partial charge in [-0.05, 0) is 231 Å². The number of carbonyl (C=O) groups is 12. The molecular weight excluding hydrogens is 1800 g/mol. The minimum Gasteiger partial charge on any atom is -0.393 e. The number of hydrogen-bond acceptors (Lipinski definition) is 36. The second-order valence-corrected chi connectivity index (χ2v) is 35.5. The molecule has 6 aromatic carbocycles. The van der Waals surface area contributed by atoms with Crippen LogP contribution < -0.4 is 34.4 Å². The number of imide groups is 6. The molecule has 17 rings (SSSR count). The molecule has 0 radical (unpaired) electrons. The van der Waals surface area contributed by atoms with E-state index in [0.29, 0.717) is 45.6 Å². The number of nitro groups is 6. The van der Waals surface area contributed by atoms with Crippen LogP contribution in [0.5, 0.6) is 0 Å². The van der Waals surface area contributed by atoms with Crippen LogP contribution in [-0.4, -0.2) is 316 Å². The van der Waals surface area contributed by atoms with E-state index >= 15 is 0 Å². The van der Waals surface area contributed by atoms with Crippen molar-refractivity contribution in [1.82, 2.24) is 58.8 Å². The highest BCUT2D eigenvalue weighted by Gasteiger charge is 2.46. The average Bonchev–Trinajstić information content (AvgIpc) is 1.67. The first-order valence-electron chi connectivity index (χ1n) is 45.5. The highest BCUT2D eigenvalue weighted by atomic mass is 16.6. The second kappa shape index (κ2) is 43.9. The van der Waals surface area contributed by atoms with Gasteiger partial charge >= 0.3 is 0 Å². The first kappa shape index (κ1) is 102. The number of likely N-dealkylation sites (tertiary alicyclic amines) is 5. The van der Waals surface area contributed by atoms with E-state index in [1.807, 2.05) is 39.8 Å². The number of rotatable bonds is 29. The van der Waals surface area contributed by atoms with E-state index < -0.39 is 100 Å². The van der Waals surface area contributed by atoms with Gasteiger partial charge in [-0.2, -0.15) is 0 Å². The first-order valence-corrected chi connectivity index (χ1v) is 45.5. The number of anilines is 6. The maximum absolute atomic E-state index is 12.5. The molecule has 734 valence electrons. The molecule has 5 saturated heterocycles. The van der Waals surface area contributed by atoms with Crippen LogP contribution in [0.4, 0.5) is 68.2 Å². The molecule has 11 aliphatic heterocycles. The topological polar surface area (TPSA) is 659 Å². The third-order valence-electron chi connectivity index (χ3n) is 26.1. The largest absolute Gasteiger partial charge is 0.393 e. The van der Waals surface area contributed by atoms with Crippen molar-refractivity contribution < 1.29 is 87.1 Å². The number of carbonyl (C=O) groups excluding carboxylic acids is 12. The van der Waals surface area contributed by atoms with E-state index in [9.17, 15) is 118 Å². The summed E-state index contributed by atoms with van der Waals surface area (Å²) in [5.41, 5.74) is 32.2. The van der Waals surface area contributed by atoms with E-state index in [1.165, 1.54) is 89.6 Å². The highest BCUT2D eigenvalue weighted by molar-refractivity contribution is 6.26. The lowest BCUT2D eigenvalue weighted by atomic mass is 10.1. The Kier molecular flexibility index (Phi) is 32.4. The zero-order valence-electron chi connectivity index (χ0n) is 77.0. The molecule has 0 aliphatic carbocycles. The molecule has 12 N–H and O–H groups in total. The van der Waals surface area contributed by atoms with Crippen molar-refractivity contribution in [1.29, 1.82) is 0 Å². The molecule has 6 aromatic rings. The molecule has 0 bridgehead atoms. The number of amides is 12. The Bertz CT molecular complexity index is 5830. The predicted octanol–water partition coefficient (Wildman–Crippen LogP) is 7.65. The van der Waals surface area contributed by atoms with E-state index in [1.54, 1.807) is 0 Å². The minimum atomic E-state index is -0.665. The van der Waals surface area contributed by atoms with Gasteiger partial charge in [0.2, 0.25) is 0 Å². The molecule has 5 fully saturated rings. The average molecular weight is 1910 g/mol. The lowest BCUT2D eigenvalue weighted by molar-refractivity contribution is -0.384. The fourth-order valence-corrected chi connectivity index (χ4v) is 19.0. The van der Waals surface area contributed by atoms with E-state index in [0.717, 1.165) is 181 Å². The zero-order chi connectivity index (χ0) is 100. The Morgan fingerprint density at radius 3 is 0.783 bits per heavy atom. The summed E-state index contributed by atoms with van der Waals surface area (Å²) < 4.78 is 0. The summed E-state index contributed by atoms with van der Waals surface area (Å²) in [5, 5.41) is 65.6. The van der Waals surface area contributed by atoms with Crippen molar-refractivity contribution in [2.45, 2.75) is 123 Å². The summed E-state index contributed by atoms with van der Waals surface area (Å²) in [7, 11) is 3.79. The summed E-state index contributed by atoms with van der Waals surface area (Å²) in [6, 6.07) is 14.3. The smallest absolute Gasteiger partial charge is 0.292 e. The van der Waals surface area contributed by atoms with Gasteiger partial charge < -0.3 is 54.0 Å². The molecule has 48 nitrogen and oxygen atoms in total. The van der Waals surface area contributed by atoms with Crippen LogP contribution in [0.3, 0.4) is 0 Å². The third kappa shape index (κ3) is 22.1. The van der Waals surface area contributed by atoms with Crippen molar-refractivity contribution in [3.05, 3.63) is 200 Å². The van der Waals surface area contributed by atoms with Gasteiger partial charge in [0.1, 0.15) is 34.1 Å². The molecule has 12 amide bonds. The Labute approximate surface area is 789 Å². The van der Waals surface area contributed by atoms with Gasteiger partial charge in [-0.1, -0.05) is 20.8 Å². The van der Waals surface area contributed by atoms with Crippen LogP contribution in [0.1, 0.15) is 235 Å². The van der Waals surface area contributed by atoms with Gasteiger partial charge in [-0.15, -0.1) is 0 Å². The number of likely N-dealkylation sites (N-methyl/N-ethyl adjacent to an activating group) is 2. The standard InChI is InChI=1S/2C16H20N4O4.3C15H18N4O4.C13H16N4O4/c1-10(8-18-4-2-3-5-18)9-19-15(21)11-6-13(17)14(20(23)24)7-12(11)16(19)22;17-13-9-11-12(10-14(13)20(23)24)16(22)19(15(11)21)8-4-3-7-18-5-1-2-6-18;2*1-2-17-5-3-4-9(17)8-18-14(20)10-6-12(16)13(19(22)23)7-11(10)15(18)21;16-12-8-10-11(9-13(12)19(22)23)15(21)18(14(10)20)7-3-6-17-4-1-2-5-17;1-15(2)4-3-5-16-12(18)8-6-10(14)11(17(20)21)7-9(8)13(16)19/h6-7,10H,2-5,8-9,17H2,1H3;9-10H,1-8,17H2;2*6-7,9H,2-5,8,16H2,1H3;8-9H,1-7,16H2;6-7H,3-5,14H2,1-2H3/t;;2*9-;;/m..10../s1. The normalized spacial score (nSPS) is 18.5. The monoisotopic (exact) mass is 1910 g/mol. The molecule has 0 aromatic heterocycles. The zero-order valence-corrected chi connectivity index (χ0v) is 77.0. The molecule has 1 unspecified atom stereocenters. The molecular formula is C90H110N24O24. The van der Waals surface area contributed by atoms with E-state index in [4.69, 9.17) is 34.4 Å². The summed E-state index contributed by atoms with van der Waals surface area (Å²) in [4.78, 5) is 231. The Morgan fingerprint density at radius 2 is 0.522 bits per heavy atom. The molecule has 3 atom stereocenters. The lowest BCUT2D eigenvalue weighted by Gasteiger charge is -2.26. The first-order chi connectivity index (χ1) is 65.5. The number of nitrogens with zero attached hydrogens (tertiary/aromatic N) is 18. The Balaban J connectivity index is 0.000000149. The maximum atomic E-state index is 12.5. The minimum absolute atomic E-state index is 0.0470. The number of benzene rings is 6. The van der Waals surface area contributed by atoms with Gasteiger partial charge in [0.05, 0.1) is 96.3 Å². The highest BCUT2D eigenvalue weighted by Crippen LogP contribution is 2.40. The molecule has 0 saturated carbocycles. The number of nitro benzene ring substituents is 6. The van der Waals surface area contributed by atoms with Gasteiger partial charge in [-0.25, -0.2) is 0 Å². The molecule has 11 aliphatic rings. The van der Waals surface area contributed by atoms with Crippen LogP contribution in [0.15, 0.2) is 72.8 Å². The molecule has 0 spiro atoms. The second-order valence-electron chi connectivity index (χ2n) is 35.5. The number of fused-ring (bicyclic) bond motifs is 6. The number of nitrogen functional groups attached to an aromatic ring is 6. The van der Waals surface area contributed by atoms with E-state index in [-0.39, 0.29) is 160 Å². The van der Waals surface area contributed by atoms with Gasteiger partial charge in [-0.3, -0.25) is 157 Å². The predicted molar refractivity (Wildman–Crippen MR) is 501 cm³/mol. The quantitative estimate of drug-likeness (QED) is 0.00862. The number of hydrogen-bond donors (Lipinski definition) is 6. The Hall–Kier alpha value is -14.9.